The third-order valence-electron chi connectivity index (χ3n) is 4.07. The lowest BCUT2D eigenvalue weighted by Gasteiger charge is -2.28. The summed E-state index contributed by atoms with van der Waals surface area (Å²) < 4.78 is 0. The third kappa shape index (κ3) is 3.49. The molecule has 1 aromatic rings. The highest BCUT2D eigenvalue weighted by Gasteiger charge is 2.15. The van der Waals surface area contributed by atoms with Crippen LogP contribution in [0.4, 0.5) is 5.69 Å². The van der Waals surface area contributed by atoms with E-state index in [4.69, 9.17) is 0 Å². The standard InChI is InChI=1S/C16H25NO/c1-13(18)15-8-10-16(11-9-15)17(2)12-14-6-4-3-5-7-14/h8-11,13-14,18H,3-7,12H2,1-2H3/t13-/m1/s1. The fourth-order valence-electron chi connectivity index (χ4n) is 2.87. The second-order valence-electron chi connectivity index (χ2n) is 5.65. The van der Waals surface area contributed by atoms with Crippen LogP contribution in [-0.4, -0.2) is 18.7 Å². The molecule has 1 fully saturated rings. The predicted molar refractivity (Wildman–Crippen MR) is 76.9 cm³/mol. The zero-order valence-corrected chi connectivity index (χ0v) is 11.6. The molecule has 0 aromatic heterocycles. The van der Waals surface area contributed by atoms with Crippen LogP contribution in [0.5, 0.6) is 0 Å². The van der Waals surface area contributed by atoms with Gasteiger partial charge in [0.15, 0.2) is 0 Å². The molecule has 0 unspecified atom stereocenters. The van der Waals surface area contributed by atoms with Crippen LogP contribution in [0.1, 0.15) is 50.7 Å². The molecule has 1 aromatic carbocycles. The molecule has 100 valence electrons. The minimum absolute atomic E-state index is 0.372. The molecule has 2 nitrogen and oxygen atoms in total. The second-order valence-corrected chi connectivity index (χ2v) is 5.65. The van der Waals surface area contributed by atoms with E-state index in [1.54, 1.807) is 6.92 Å². The van der Waals surface area contributed by atoms with Gasteiger partial charge in [-0.1, -0.05) is 31.4 Å². The maximum Gasteiger partial charge on any atom is 0.0761 e. The Morgan fingerprint density at radius 3 is 2.33 bits per heavy atom. The highest BCUT2D eigenvalue weighted by molar-refractivity contribution is 5.47. The summed E-state index contributed by atoms with van der Waals surface area (Å²) in [5, 5.41) is 9.50. The largest absolute Gasteiger partial charge is 0.389 e. The van der Waals surface area contributed by atoms with E-state index < -0.39 is 0 Å². The molecule has 0 bridgehead atoms. The van der Waals surface area contributed by atoms with Gasteiger partial charge < -0.3 is 10.0 Å². The first-order valence-electron chi connectivity index (χ1n) is 7.16. The Morgan fingerprint density at radius 1 is 1.17 bits per heavy atom. The van der Waals surface area contributed by atoms with E-state index in [2.05, 4.69) is 24.1 Å². The van der Waals surface area contributed by atoms with Crippen LogP contribution >= 0.6 is 0 Å². The Balaban J connectivity index is 1.93. The smallest absolute Gasteiger partial charge is 0.0761 e. The van der Waals surface area contributed by atoms with Crippen molar-refractivity contribution in [2.24, 2.45) is 5.92 Å². The number of rotatable bonds is 4. The maximum atomic E-state index is 9.50. The minimum atomic E-state index is -0.372. The maximum absolute atomic E-state index is 9.50. The number of hydrogen-bond acceptors (Lipinski definition) is 2. The number of benzene rings is 1. The van der Waals surface area contributed by atoms with E-state index in [0.29, 0.717) is 0 Å². The molecule has 18 heavy (non-hydrogen) atoms. The van der Waals surface area contributed by atoms with Gasteiger partial charge in [-0.2, -0.15) is 0 Å². The molecular weight excluding hydrogens is 222 g/mol. The van der Waals surface area contributed by atoms with Gasteiger partial charge in [0.1, 0.15) is 0 Å². The highest BCUT2D eigenvalue weighted by atomic mass is 16.3. The Hall–Kier alpha value is -1.02. The molecule has 2 heteroatoms. The summed E-state index contributed by atoms with van der Waals surface area (Å²) in [5.74, 6) is 0.861. The predicted octanol–water partition coefficient (Wildman–Crippen LogP) is 3.76. The van der Waals surface area contributed by atoms with E-state index in [0.717, 1.165) is 18.0 Å². The lowest BCUT2D eigenvalue weighted by atomic mass is 9.89. The van der Waals surface area contributed by atoms with Gasteiger partial charge in [0, 0.05) is 19.3 Å². The topological polar surface area (TPSA) is 23.5 Å². The fourth-order valence-corrected chi connectivity index (χ4v) is 2.87. The highest BCUT2D eigenvalue weighted by Crippen LogP contribution is 2.26. The number of nitrogens with zero attached hydrogens (tertiary/aromatic N) is 1. The van der Waals surface area contributed by atoms with Crippen molar-refractivity contribution >= 4 is 5.69 Å². The summed E-state index contributed by atoms with van der Waals surface area (Å²) in [4.78, 5) is 2.35. The van der Waals surface area contributed by atoms with Crippen molar-refractivity contribution in [3.05, 3.63) is 29.8 Å². The molecule has 0 radical (unpaired) electrons. The summed E-state index contributed by atoms with van der Waals surface area (Å²) in [6.07, 6.45) is 6.62. The molecule has 2 rings (SSSR count). The second kappa shape index (κ2) is 6.24. The van der Waals surface area contributed by atoms with Gasteiger partial charge in [0.25, 0.3) is 0 Å². The first-order chi connectivity index (χ1) is 8.66. The Labute approximate surface area is 111 Å². The zero-order chi connectivity index (χ0) is 13.0. The summed E-state index contributed by atoms with van der Waals surface area (Å²) in [6.45, 7) is 2.97. The monoisotopic (exact) mass is 247 g/mol. The van der Waals surface area contributed by atoms with Gasteiger partial charge in [-0.25, -0.2) is 0 Å². The normalized spacial score (nSPS) is 18.6. The molecule has 1 N–H and O–H groups in total. The number of anilines is 1. The van der Waals surface area contributed by atoms with Gasteiger partial charge in [-0.3, -0.25) is 0 Å². The Bertz CT molecular complexity index is 352. The molecule has 0 aliphatic heterocycles. The van der Waals surface area contributed by atoms with E-state index >= 15 is 0 Å². The van der Waals surface area contributed by atoms with Crippen molar-refractivity contribution in [2.75, 3.05) is 18.5 Å². The summed E-state index contributed by atoms with van der Waals surface area (Å²) in [6, 6.07) is 8.28. The average Bonchev–Trinajstić information content (AvgIpc) is 2.40. The molecule has 1 atom stereocenters. The van der Waals surface area contributed by atoms with Gasteiger partial charge in [-0.05, 0) is 43.4 Å². The fraction of sp³-hybridized carbons (Fsp3) is 0.625. The van der Waals surface area contributed by atoms with E-state index in [9.17, 15) is 5.11 Å². The van der Waals surface area contributed by atoms with Crippen molar-refractivity contribution in [3.8, 4) is 0 Å². The minimum Gasteiger partial charge on any atom is -0.389 e. The number of hydrogen-bond donors (Lipinski definition) is 1. The van der Waals surface area contributed by atoms with Crippen LogP contribution in [0.3, 0.4) is 0 Å². The van der Waals surface area contributed by atoms with Crippen LogP contribution in [0.2, 0.25) is 0 Å². The molecule has 0 amide bonds. The van der Waals surface area contributed by atoms with Crippen molar-refractivity contribution in [3.63, 3.8) is 0 Å². The van der Waals surface area contributed by atoms with E-state index in [1.165, 1.54) is 37.8 Å². The molecule has 0 saturated heterocycles. The van der Waals surface area contributed by atoms with Crippen molar-refractivity contribution in [1.29, 1.82) is 0 Å². The lowest BCUT2D eigenvalue weighted by Crippen LogP contribution is -2.26. The third-order valence-corrected chi connectivity index (χ3v) is 4.07. The van der Waals surface area contributed by atoms with Gasteiger partial charge in [0.2, 0.25) is 0 Å². The summed E-state index contributed by atoms with van der Waals surface area (Å²) in [7, 11) is 2.17. The molecule has 0 spiro atoms. The van der Waals surface area contributed by atoms with Gasteiger partial charge in [-0.15, -0.1) is 0 Å². The number of aliphatic hydroxyl groups is 1. The molecule has 1 aliphatic carbocycles. The van der Waals surface area contributed by atoms with Gasteiger partial charge in [0.05, 0.1) is 6.10 Å². The van der Waals surface area contributed by atoms with Crippen molar-refractivity contribution in [2.45, 2.75) is 45.1 Å². The Morgan fingerprint density at radius 2 is 1.78 bits per heavy atom. The first-order valence-corrected chi connectivity index (χ1v) is 7.16. The summed E-state index contributed by atoms with van der Waals surface area (Å²) >= 11 is 0. The van der Waals surface area contributed by atoms with E-state index in [-0.39, 0.29) is 6.10 Å². The Kier molecular flexibility index (Phi) is 4.65. The van der Waals surface area contributed by atoms with Crippen molar-refractivity contribution < 1.29 is 5.11 Å². The molecule has 1 saturated carbocycles. The van der Waals surface area contributed by atoms with Crippen LogP contribution in [-0.2, 0) is 0 Å². The SMILES string of the molecule is C[C@@H](O)c1ccc(N(C)CC2CCCCC2)cc1. The number of aliphatic hydroxyl groups excluding tert-OH is 1. The lowest BCUT2D eigenvalue weighted by molar-refractivity contribution is 0.199. The zero-order valence-electron chi connectivity index (χ0n) is 11.6. The summed E-state index contributed by atoms with van der Waals surface area (Å²) in [5.41, 5.74) is 2.25. The van der Waals surface area contributed by atoms with E-state index in [1.807, 2.05) is 12.1 Å². The average molecular weight is 247 g/mol. The molecular formula is C16H25NO. The van der Waals surface area contributed by atoms with Crippen LogP contribution in [0, 0.1) is 5.92 Å². The first kappa shape index (κ1) is 13.4. The van der Waals surface area contributed by atoms with Crippen LogP contribution in [0.25, 0.3) is 0 Å². The molecule has 1 aliphatic rings. The van der Waals surface area contributed by atoms with Crippen LogP contribution < -0.4 is 4.90 Å². The van der Waals surface area contributed by atoms with Crippen LogP contribution in [0.15, 0.2) is 24.3 Å². The molecule has 0 heterocycles. The van der Waals surface area contributed by atoms with Crippen molar-refractivity contribution in [1.82, 2.24) is 0 Å². The quantitative estimate of drug-likeness (QED) is 0.875. The van der Waals surface area contributed by atoms with Gasteiger partial charge >= 0.3 is 0 Å².